The number of hydroxylamine groups is 1. The van der Waals surface area contributed by atoms with Gasteiger partial charge in [-0.3, -0.25) is 4.79 Å². The molecule has 0 heterocycles. The molecule has 2 aromatic carbocycles. The van der Waals surface area contributed by atoms with Crippen LogP contribution in [0.15, 0.2) is 53.4 Å². The van der Waals surface area contributed by atoms with Gasteiger partial charge in [-0.1, -0.05) is 35.9 Å². The highest BCUT2D eigenvalue weighted by Gasteiger charge is 2.04. The van der Waals surface area contributed by atoms with Crippen molar-refractivity contribution in [3.8, 4) is 0 Å². The van der Waals surface area contributed by atoms with E-state index in [0.717, 1.165) is 5.56 Å². The summed E-state index contributed by atoms with van der Waals surface area (Å²) in [6.07, 6.45) is 0.704. The van der Waals surface area contributed by atoms with Gasteiger partial charge in [0.05, 0.1) is 4.90 Å². The molecule has 1 atom stereocenters. The molecule has 0 bridgehead atoms. The van der Waals surface area contributed by atoms with Crippen LogP contribution in [0.5, 0.6) is 0 Å². The standard InChI is InChI=1S/C16H16ClNO3S/c1-12(19)14-4-2-13(3-5-14)10-11-18-21-22(20)16-8-6-15(17)7-9-16/h2-9,18H,10-11H2,1H3. The van der Waals surface area contributed by atoms with Crippen molar-refractivity contribution in [2.75, 3.05) is 6.54 Å². The predicted molar refractivity (Wildman–Crippen MR) is 87.1 cm³/mol. The van der Waals surface area contributed by atoms with E-state index < -0.39 is 11.1 Å². The van der Waals surface area contributed by atoms with Crippen LogP contribution in [-0.4, -0.2) is 16.5 Å². The molecule has 6 heteroatoms. The average Bonchev–Trinajstić information content (AvgIpc) is 2.52. The second-order valence-corrected chi connectivity index (χ2v) is 6.21. The summed E-state index contributed by atoms with van der Waals surface area (Å²) in [6, 6.07) is 14.0. The minimum Gasteiger partial charge on any atom is -0.295 e. The van der Waals surface area contributed by atoms with Gasteiger partial charge in [0.15, 0.2) is 5.78 Å². The molecular formula is C16H16ClNO3S. The molecule has 0 aromatic heterocycles. The first kappa shape index (κ1) is 16.8. The normalized spacial score (nSPS) is 12.1. The zero-order valence-electron chi connectivity index (χ0n) is 12.0. The third kappa shape index (κ3) is 5.03. The number of carbonyl (C=O) groups excluding carboxylic acids is 1. The van der Waals surface area contributed by atoms with E-state index in [1.807, 2.05) is 12.1 Å². The van der Waals surface area contributed by atoms with Crippen molar-refractivity contribution in [2.24, 2.45) is 0 Å². The van der Waals surface area contributed by atoms with Crippen molar-refractivity contribution in [3.63, 3.8) is 0 Å². The highest BCUT2D eigenvalue weighted by molar-refractivity contribution is 7.80. The van der Waals surface area contributed by atoms with Crippen molar-refractivity contribution < 1.29 is 13.3 Å². The summed E-state index contributed by atoms with van der Waals surface area (Å²) in [6.45, 7) is 2.05. The molecule has 22 heavy (non-hydrogen) atoms. The molecule has 0 radical (unpaired) electrons. The van der Waals surface area contributed by atoms with E-state index >= 15 is 0 Å². The van der Waals surface area contributed by atoms with Crippen LogP contribution in [0.1, 0.15) is 22.8 Å². The summed E-state index contributed by atoms with van der Waals surface area (Å²) in [5.74, 6) is 0.0476. The van der Waals surface area contributed by atoms with Crippen molar-refractivity contribution in [3.05, 3.63) is 64.7 Å². The van der Waals surface area contributed by atoms with Crippen LogP contribution >= 0.6 is 11.6 Å². The van der Waals surface area contributed by atoms with E-state index in [-0.39, 0.29) is 5.78 Å². The molecule has 0 spiro atoms. The topological polar surface area (TPSA) is 55.4 Å². The lowest BCUT2D eigenvalue weighted by atomic mass is 10.1. The molecule has 0 fully saturated rings. The highest BCUT2D eigenvalue weighted by atomic mass is 35.5. The lowest BCUT2D eigenvalue weighted by Crippen LogP contribution is -2.19. The van der Waals surface area contributed by atoms with Gasteiger partial charge < -0.3 is 0 Å². The van der Waals surface area contributed by atoms with Gasteiger partial charge >= 0.3 is 0 Å². The Bertz CT molecular complexity index is 656. The number of ketones is 1. The van der Waals surface area contributed by atoms with E-state index in [1.165, 1.54) is 6.92 Å². The molecule has 0 aliphatic rings. The van der Waals surface area contributed by atoms with Gasteiger partial charge in [0.1, 0.15) is 0 Å². The van der Waals surface area contributed by atoms with Crippen molar-refractivity contribution in [1.82, 2.24) is 5.48 Å². The summed E-state index contributed by atoms with van der Waals surface area (Å²) >= 11 is 4.19. The largest absolute Gasteiger partial charge is 0.295 e. The van der Waals surface area contributed by atoms with Gasteiger partial charge in [0, 0.05) is 17.1 Å². The van der Waals surface area contributed by atoms with Gasteiger partial charge in [0.25, 0.3) is 0 Å². The second kappa shape index (κ2) is 8.19. The summed E-state index contributed by atoms with van der Waals surface area (Å²) in [4.78, 5) is 11.7. The number of benzene rings is 2. The Kier molecular flexibility index (Phi) is 6.27. The van der Waals surface area contributed by atoms with E-state index in [0.29, 0.717) is 28.4 Å². The average molecular weight is 338 g/mol. The van der Waals surface area contributed by atoms with Gasteiger partial charge in [0.2, 0.25) is 11.1 Å². The van der Waals surface area contributed by atoms with Crippen LogP contribution < -0.4 is 5.48 Å². The van der Waals surface area contributed by atoms with E-state index in [1.54, 1.807) is 36.4 Å². The fraction of sp³-hybridized carbons (Fsp3) is 0.188. The maximum Gasteiger partial charge on any atom is 0.206 e. The van der Waals surface area contributed by atoms with Crippen LogP contribution in [0.4, 0.5) is 0 Å². The Balaban J connectivity index is 1.75. The molecule has 2 aromatic rings. The summed E-state index contributed by atoms with van der Waals surface area (Å²) < 4.78 is 16.9. The Morgan fingerprint density at radius 1 is 1.14 bits per heavy atom. The molecular weight excluding hydrogens is 322 g/mol. The number of hydrogen-bond acceptors (Lipinski definition) is 4. The van der Waals surface area contributed by atoms with Crippen LogP contribution in [0.25, 0.3) is 0 Å². The quantitative estimate of drug-likeness (QED) is 0.478. The van der Waals surface area contributed by atoms with Gasteiger partial charge in [-0.2, -0.15) is 9.76 Å². The molecule has 1 N–H and O–H groups in total. The second-order valence-electron chi connectivity index (χ2n) is 4.67. The summed E-state index contributed by atoms with van der Waals surface area (Å²) in [5, 5.41) is 0.586. The zero-order chi connectivity index (χ0) is 15.9. The molecule has 0 saturated carbocycles. The number of hydrogen-bond donors (Lipinski definition) is 1. The SMILES string of the molecule is CC(=O)c1ccc(CCNOS(=O)c2ccc(Cl)cc2)cc1. The predicted octanol–water partition coefficient (Wildman–Crippen LogP) is 3.33. The smallest absolute Gasteiger partial charge is 0.206 e. The maximum absolute atomic E-state index is 11.8. The van der Waals surface area contributed by atoms with E-state index in [4.69, 9.17) is 15.9 Å². The minimum atomic E-state index is -1.57. The number of nitrogens with one attached hydrogen (secondary N) is 1. The fourth-order valence-electron chi connectivity index (χ4n) is 1.79. The monoisotopic (exact) mass is 337 g/mol. The highest BCUT2D eigenvalue weighted by Crippen LogP contribution is 2.12. The van der Waals surface area contributed by atoms with Crippen molar-refractivity contribution in [2.45, 2.75) is 18.2 Å². The van der Waals surface area contributed by atoms with Gasteiger partial charge in [-0.25, -0.2) is 4.21 Å². The van der Waals surface area contributed by atoms with Crippen LogP contribution in [0.2, 0.25) is 5.02 Å². The zero-order valence-corrected chi connectivity index (χ0v) is 13.6. The Morgan fingerprint density at radius 3 is 2.36 bits per heavy atom. The molecule has 2 rings (SSSR count). The molecule has 116 valence electrons. The van der Waals surface area contributed by atoms with Crippen molar-refractivity contribution in [1.29, 1.82) is 0 Å². The number of carbonyl (C=O) groups is 1. The van der Waals surface area contributed by atoms with Gasteiger partial charge in [-0.05, 0) is 43.2 Å². The number of halogens is 1. The molecule has 0 amide bonds. The first-order valence-electron chi connectivity index (χ1n) is 6.73. The summed E-state index contributed by atoms with van der Waals surface area (Å²) in [5.41, 5.74) is 4.44. The van der Waals surface area contributed by atoms with E-state index in [2.05, 4.69) is 5.48 Å². The van der Waals surface area contributed by atoms with Crippen LogP contribution in [0.3, 0.4) is 0 Å². The molecule has 0 aliphatic carbocycles. The Hall–Kier alpha value is -1.53. The maximum atomic E-state index is 11.8. The fourth-order valence-corrected chi connectivity index (χ4v) is 2.56. The van der Waals surface area contributed by atoms with Crippen molar-refractivity contribution >= 4 is 28.5 Å². The van der Waals surface area contributed by atoms with Gasteiger partial charge in [-0.15, -0.1) is 0 Å². The summed E-state index contributed by atoms with van der Waals surface area (Å²) in [7, 11) is 0. The minimum absolute atomic E-state index is 0.0476. The molecule has 0 saturated heterocycles. The third-order valence-corrected chi connectivity index (χ3v) is 4.20. The van der Waals surface area contributed by atoms with Crippen LogP contribution in [-0.2, 0) is 21.8 Å². The molecule has 4 nitrogen and oxygen atoms in total. The number of Topliss-reactive ketones (excluding diaryl/α,β-unsaturated/α-hetero) is 1. The Labute approximate surface area is 137 Å². The lowest BCUT2D eigenvalue weighted by Gasteiger charge is -2.06. The first-order valence-corrected chi connectivity index (χ1v) is 8.19. The lowest BCUT2D eigenvalue weighted by molar-refractivity contribution is 0.101. The molecule has 0 aliphatic heterocycles. The molecule has 1 unspecified atom stereocenters. The Morgan fingerprint density at radius 2 is 1.77 bits per heavy atom. The van der Waals surface area contributed by atoms with Crippen LogP contribution in [0, 0.1) is 0 Å². The first-order chi connectivity index (χ1) is 10.6. The van der Waals surface area contributed by atoms with E-state index in [9.17, 15) is 9.00 Å². The third-order valence-electron chi connectivity index (χ3n) is 3.02. The number of rotatable bonds is 7.